The Morgan fingerprint density at radius 3 is 1.12 bits per heavy atom. The van der Waals surface area contributed by atoms with Crippen LogP contribution in [0.15, 0.2) is 0 Å². The molecule has 8 heteroatoms. The van der Waals surface area contributed by atoms with Gasteiger partial charge in [0.25, 0.3) is 0 Å². The fourth-order valence-corrected chi connectivity index (χ4v) is 0. The first-order valence-corrected chi connectivity index (χ1v) is 2.10. The Balaban J connectivity index is -0.0000000267. The molecule has 0 atom stereocenters. The maximum absolute atomic E-state index is 8.74. The molecule has 0 aromatic heterocycles. The SMILES string of the molecule is O=S(=O)(O)O.[Cu].[Fe].[Mn]. The Hall–Kier alpha value is 1.43. The van der Waals surface area contributed by atoms with E-state index in [9.17, 15) is 0 Å². The van der Waals surface area contributed by atoms with Gasteiger partial charge in [0.15, 0.2) is 0 Å². The van der Waals surface area contributed by atoms with Crippen LogP contribution in [0.25, 0.3) is 0 Å². The van der Waals surface area contributed by atoms with Crippen LogP contribution in [0.1, 0.15) is 0 Å². The number of rotatable bonds is 0. The molecule has 0 rings (SSSR count). The Morgan fingerprint density at radius 2 is 1.12 bits per heavy atom. The molecular formula is H2CuFeMnO4S. The van der Waals surface area contributed by atoms with E-state index in [-0.39, 0.29) is 51.2 Å². The third-order valence-corrected chi connectivity index (χ3v) is 0. The molecule has 8 heavy (non-hydrogen) atoms. The van der Waals surface area contributed by atoms with Gasteiger partial charge in [-0.15, -0.1) is 0 Å². The summed E-state index contributed by atoms with van der Waals surface area (Å²) >= 11 is 0. The van der Waals surface area contributed by atoms with Crippen molar-refractivity contribution in [3.63, 3.8) is 0 Å². The molecule has 58 valence electrons. The fraction of sp³-hybridized carbons (Fsp3) is 0. The molecule has 0 saturated heterocycles. The molecule has 2 N–H and O–H groups in total. The molecule has 0 saturated carbocycles. The van der Waals surface area contributed by atoms with Gasteiger partial charge in [0.1, 0.15) is 0 Å². The summed E-state index contributed by atoms with van der Waals surface area (Å²) in [6.07, 6.45) is 0. The zero-order valence-electron chi connectivity index (χ0n) is 3.15. The summed E-state index contributed by atoms with van der Waals surface area (Å²) in [5, 5.41) is 0. The zero-order valence-corrected chi connectivity index (χ0v) is 7.19. The van der Waals surface area contributed by atoms with E-state index in [4.69, 9.17) is 17.5 Å². The minimum atomic E-state index is -4.67. The van der Waals surface area contributed by atoms with Crippen LogP contribution in [0.2, 0.25) is 0 Å². The number of hydrogen-bond donors (Lipinski definition) is 2. The monoisotopic (exact) mass is 272 g/mol. The second-order valence-electron chi connectivity index (χ2n) is 0.448. The van der Waals surface area contributed by atoms with Crippen molar-refractivity contribution in [1.82, 2.24) is 0 Å². The first-order chi connectivity index (χ1) is 2.00. The molecule has 0 spiro atoms. The largest absolute Gasteiger partial charge is 0.394 e. The molecule has 0 aliphatic heterocycles. The van der Waals surface area contributed by atoms with Crippen LogP contribution in [-0.2, 0) is 61.6 Å². The first-order valence-electron chi connectivity index (χ1n) is 0.698. The summed E-state index contributed by atoms with van der Waals surface area (Å²) in [7, 11) is -4.67. The van der Waals surface area contributed by atoms with Crippen molar-refractivity contribution in [3.05, 3.63) is 0 Å². The molecule has 0 unspecified atom stereocenters. The van der Waals surface area contributed by atoms with Crippen molar-refractivity contribution in [1.29, 1.82) is 0 Å². The molecule has 0 aromatic rings. The molecule has 0 bridgehead atoms. The van der Waals surface area contributed by atoms with Gasteiger partial charge in [-0.25, -0.2) is 0 Å². The quantitative estimate of drug-likeness (QED) is 0.453. The maximum atomic E-state index is 8.74. The predicted molar refractivity (Wildman–Crippen MR) is 14.2 cm³/mol. The van der Waals surface area contributed by atoms with Gasteiger partial charge in [0, 0.05) is 51.2 Å². The van der Waals surface area contributed by atoms with Crippen LogP contribution in [0.5, 0.6) is 0 Å². The summed E-state index contributed by atoms with van der Waals surface area (Å²) < 4.78 is 31.6. The number of hydrogen-bond acceptors (Lipinski definition) is 2. The minimum absolute atomic E-state index is 0. The zero-order chi connectivity index (χ0) is 4.50. The summed E-state index contributed by atoms with van der Waals surface area (Å²) in [4.78, 5) is 0. The average molecular weight is 272 g/mol. The Labute approximate surface area is 78.8 Å². The first kappa shape index (κ1) is 22.7. The molecule has 4 nitrogen and oxygen atoms in total. The molecule has 0 amide bonds. The summed E-state index contributed by atoms with van der Waals surface area (Å²) in [5.41, 5.74) is 0. The van der Waals surface area contributed by atoms with Crippen molar-refractivity contribution < 1.29 is 68.7 Å². The molecular weight excluding hydrogens is 270 g/mol. The molecule has 0 aliphatic rings. The van der Waals surface area contributed by atoms with Gasteiger partial charge in [0.2, 0.25) is 0 Å². The van der Waals surface area contributed by atoms with Crippen LogP contribution in [0.4, 0.5) is 0 Å². The van der Waals surface area contributed by atoms with Crippen LogP contribution < -0.4 is 0 Å². The van der Waals surface area contributed by atoms with Crippen molar-refractivity contribution in [3.8, 4) is 0 Å². The third kappa shape index (κ3) is 150. The van der Waals surface area contributed by atoms with E-state index in [2.05, 4.69) is 0 Å². The van der Waals surface area contributed by atoms with E-state index in [0.717, 1.165) is 0 Å². The Bertz CT molecular complexity index is 99.2. The van der Waals surface area contributed by atoms with Gasteiger partial charge in [-0.3, -0.25) is 9.11 Å². The average Bonchev–Trinajstić information content (AvgIpc) is 0.722. The maximum Gasteiger partial charge on any atom is 0.394 e. The summed E-state index contributed by atoms with van der Waals surface area (Å²) in [6, 6.07) is 0. The van der Waals surface area contributed by atoms with Crippen LogP contribution >= 0.6 is 0 Å². The van der Waals surface area contributed by atoms with E-state index >= 15 is 0 Å². The van der Waals surface area contributed by atoms with Gasteiger partial charge in [-0.2, -0.15) is 8.42 Å². The van der Waals surface area contributed by atoms with Gasteiger partial charge >= 0.3 is 10.4 Å². The topological polar surface area (TPSA) is 74.6 Å². The van der Waals surface area contributed by atoms with Crippen molar-refractivity contribution in [2.45, 2.75) is 0 Å². The van der Waals surface area contributed by atoms with Crippen molar-refractivity contribution >= 4 is 10.4 Å². The van der Waals surface area contributed by atoms with E-state index < -0.39 is 10.4 Å². The predicted octanol–water partition coefficient (Wildman–Crippen LogP) is -0.660. The van der Waals surface area contributed by atoms with Crippen LogP contribution in [0, 0.1) is 0 Å². The van der Waals surface area contributed by atoms with Gasteiger partial charge in [0.05, 0.1) is 0 Å². The van der Waals surface area contributed by atoms with Crippen LogP contribution in [-0.4, -0.2) is 17.5 Å². The smallest absolute Gasteiger partial charge is 0.264 e. The summed E-state index contributed by atoms with van der Waals surface area (Å²) in [6.45, 7) is 0. The van der Waals surface area contributed by atoms with Crippen molar-refractivity contribution in [2.24, 2.45) is 0 Å². The van der Waals surface area contributed by atoms with Gasteiger partial charge in [-0.05, 0) is 0 Å². The second kappa shape index (κ2) is 8.43. The van der Waals surface area contributed by atoms with E-state index in [0.29, 0.717) is 0 Å². The molecule has 0 aliphatic carbocycles. The Kier molecular flexibility index (Phi) is 23.9. The van der Waals surface area contributed by atoms with E-state index in [1.807, 2.05) is 0 Å². The molecule has 0 heterocycles. The van der Waals surface area contributed by atoms with Crippen LogP contribution in [0.3, 0.4) is 0 Å². The van der Waals surface area contributed by atoms with E-state index in [1.165, 1.54) is 0 Å². The second-order valence-corrected chi connectivity index (χ2v) is 1.34. The van der Waals surface area contributed by atoms with Gasteiger partial charge < -0.3 is 0 Å². The molecule has 0 fully saturated rings. The molecule has 0 aromatic carbocycles. The third-order valence-electron chi connectivity index (χ3n) is 0. The van der Waals surface area contributed by atoms with E-state index in [1.54, 1.807) is 0 Å². The Morgan fingerprint density at radius 1 is 1.12 bits per heavy atom. The standard InChI is InChI=1S/Cu.Fe.Mn.H2O4S/c;;;1-5(2,3)4/h;;;(H2,1,2,3,4). The summed E-state index contributed by atoms with van der Waals surface area (Å²) in [5.74, 6) is 0. The molecule has 2 radical (unpaired) electrons. The minimum Gasteiger partial charge on any atom is -0.264 e. The van der Waals surface area contributed by atoms with Gasteiger partial charge in [-0.1, -0.05) is 0 Å². The normalized spacial score (nSPS) is 7.25. The van der Waals surface area contributed by atoms with Crippen molar-refractivity contribution in [2.75, 3.05) is 0 Å². The fourth-order valence-electron chi connectivity index (χ4n) is 0.